The van der Waals surface area contributed by atoms with Crippen molar-refractivity contribution in [3.63, 3.8) is 0 Å². The molecule has 2 saturated heterocycles. The number of benzene rings is 1. The average molecular weight is 659 g/mol. The lowest BCUT2D eigenvalue weighted by Crippen LogP contribution is -2.47. The summed E-state index contributed by atoms with van der Waals surface area (Å²) in [4.78, 5) is 34.5. The number of amides is 2. The number of pyridine rings is 1. The maximum Gasteiger partial charge on any atom is 0.410 e. The molecule has 0 bridgehead atoms. The number of piperidine rings is 2. The van der Waals surface area contributed by atoms with Gasteiger partial charge >= 0.3 is 6.09 Å². The number of hydrogen-bond donors (Lipinski definition) is 2. The monoisotopic (exact) mass is 658 g/mol. The van der Waals surface area contributed by atoms with E-state index in [-0.39, 0.29) is 12.0 Å². The van der Waals surface area contributed by atoms with E-state index >= 15 is 0 Å². The molecule has 48 heavy (non-hydrogen) atoms. The van der Waals surface area contributed by atoms with Crippen LogP contribution in [0.5, 0.6) is 0 Å². The number of aromatic nitrogens is 3. The predicted octanol–water partition coefficient (Wildman–Crippen LogP) is 7.06. The fourth-order valence-corrected chi connectivity index (χ4v) is 7.94. The van der Waals surface area contributed by atoms with Gasteiger partial charge in [0.2, 0.25) is 0 Å². The topological polar surface area (TPSA) is 113 Å². The number of nitrogens with zero attached hydrogens (tertiary/aromatic N) is 5. The molecule has 2 amide bonds. The van der Waals surface area contributed by atoms with Gasteiger partial charge in [0.15, 0.2) is 0 Å². The van der Waals surface area contributed by atoms with Crippen molar-refractivity contribution in [3.05, 3.63) is 53.5 Å². The van der Waals surface area contributed by atoms with E-state index in [4.69, 9.17) is 9.84 Å². The molecule has 3 aromatic rings. The number of ether oxygens (including phenoxy) is 1. The smallest absolute Gasteiger partial charge is 0.410 e. The fourth-order valence-electron chi connectivity index (χ4n) is 7.94. The number of fused-ring (bicyclic) bond motifs is 1. The molecule has 3 fully saturated rings. The van der Waals surface area contributed by atoms with Crippen molar-refractivity contribution in [1.29, 1.82) is 0 Å². The second kappa shape index (κ2) is 13.4. The largest absolute Gasteiger partial charge is 0.444 e. The number of carbonyl (C=O) groups excluding carboxylic acids is 2. The number of aliphatic hydroxyl groups is 1. The maximum absolute atomic E-state index is 13.1. The highest BCUT2D eigenvalue weighted by molar-refractivity contribution is 6.04. The highest BCUT2D eigenvalue weighted by Crippen LogP contribution is 2.47. The summed E-state index contributed by atoms with van der Waals surface area (Å²) in [5, 5.41) is 19.9. The van der Waals surface area contributed by atoms with Gasteiger partial charge in [0.25, 0.3) is 5.91 Å². The van der Waals surface area contributed by atoms with Crippen LogP contribution in [0.15, 0.2) is 36.5 Å². The van der Waals surface area contributed by atoms with Crippen molar-refractivity contribution in [2.75, 3.05) is 38.0 Å². The molecule has 3 aliphatic rings. The van der Waals surface area contributed by atoms with E-state index < -0.39 is 11.2 Å². The number of likely N-dealkylation sites (tertiary alicyclic amines) is 2. The van der Waals surface area contributed by atoms with Gasteiger partial charge in [0, 0.05) is 61.3 Å². The van der Waals surface area contributed by atoms with Crippen LogP contribution in [0.25, 0.3) is 10.9 Å². The van der Waals surface area contributed by atoms with Crippen molar-refractivity contribution in [1.82, 2.24) is 24.6 Å². The Labute approximate surface area is 285 Å². The standard InChI is InChI=1S/C38H54N6O4/c1-26-8-7-9-31(39-26)34(45)40-33-22-28-25-44(41-32(28)23-30(33)37(5,6)47)29-12-18-42(19-13-29)24-27-10-14-38(15-11-27)16-20-43(21-17-38)35(46)48-36(2,3)4/h7-9,22-23,25,27,29,47H,10-21,24H2,1-6H3,(H,40,45). The minimum absolute atomic E-state index is 0.165. The SMILES string of the molecule is Cc1cccc(C(=O)Nc2cc3cn(C4CCN(CC5CCC6(CC5)CCN(C(=O)OC(C)(C)C)CC6)CC4)nc3cc2C(C)(C)O)n1. The van der Waals surface area contributed by atoms with Crippen LogP contribution >= 0.6 is 0 Å². The summed E-state index contributed by atoms with van der Waals surface area (Å²) < 4.78 is 7.70. The van der Waals surface area contributed by atoms with E-state index in [0.29, 0.717) is 28.4 Å². The summed E-state index contributed by atoms with van der Waals surface area (Å²) in [5.41, 5.74) is 1.91. The number of nitrogens with one attached hydrogen (secondary N) is 1. The minimum Gasteiger partial charge on any atom is -0.444 e. The van der Waals surface area contributed by atoms with Gasteiger partial charge in [-0.3, -0.25) is 9.48 Å². The summed E-state index contributed by atoms with van der Waals surface area (Å²) >= 11 is 0. The highest BCUT2D eigenvalue weighted by atomic mass is 16.6. The molecular weight excluding hydrogens is 604 g/mol. The van der Waals surface area contributed by atoms with Crippen LogP contribution < -0.4 is 5.32 Å². The number of aryl methyl sites for hydroxylation is 1. The Hall–Kier alpha value is -3.50. The first-order chi connectivity index (χ1) is 22.7. The van der Waals surface area contributed by atoms with Gasteiger partial charge in [-0.1, -0.05) is 6.07 Å². The summed E-state index contributed by atoms with van der Waals surface area (Å²) in [6.45, 7) is 16.0. The van der Waals surface area contributed by atoms with E-state index in [2.05, 4.69) is 26.1 Å². The number of carbonyl (C=O) groups is 2. The van der Waals surface area contributed by atoms with Gasteiger partial charge < -0.3 is 25.0 Å². The van der Waals surface area contributed by atoms with E-state index in [1.54, 1.807) is 19.9 Å². The van der Waals surface area contributed by atoms with Crippen molar-refractivity contribution >= 4 is 28.6 Å². The molecule has 1 saturated carbocycles. The van der Waals surface area contributed by atoms with Crippen molar-refractivity contribution in [2.45, 2.75) is 110 Å². The molecule has 2 N–H and O–H groups in total. The van der Waals surface area contributed by atoms with Crippen LogP contribution in [-0.4, -0.2) is 80.0 Å². The minimum atomic E-state index is -1.16. The van der Waals surface area contributed by atoms with Gasteiger partial charge in [0.05, 0.1) is 17.2 Å². The highest BCUT2D eigenvalue weighted by Gasteiger charge is 2.40. The lowest BCUT2D eigenvalue weighted by Gasteiger charge is -2.46. The average Bonchev–Trinajstić information content (AvgIpc) is 3.44. The molecule has 10 nitrogen and oxygen atoms in total. The zero-order valence-electron chi connectivity index (χ0n) is 29.7. The fraction of sp³-hybridized carbons (Fsp3) is 0.632. The Morgan fingerprint density at radius 1 is 0.979 bits per heavy atom. The molecule has 6 rings (SSSR count). The first-order valence-electron chi connectivity index (χ1n) is 17.9. The zero-order chi connectivity index (χ0) is 34.3. The molecule has 2 aromatic heterocycles. The number of rotatable bonds is 6. The second-order valence-electron chi connectivity index (χ2n) is 16.2. The molecule has 10 heteroatoms. The van der Waals surface area contributed by atoms with Crippen LogP contribution in [0.2, 0.25) is 0 Å². The molecule has 2 aliphatic heterocycles. The van der Waals surface area contributed by atoms with E-state index in [1.165, 1.54) is 32.2 Å². The lowest BCUT2D eigenvalue weighted by atomic mass is 9.65. The van der Waals surface area contributed by atoms with E-state index in [9.17, 15) is 14.7 Å². The Kier molecular flexibility index (Phi) is 9.61. The van der Waals surface area contributed by atoms with Crippen molar-refractivity contribution < 1.29 is 19.4 Å². The first kappa shape index (κ1) is 34.4. The molecule has 1 aliphatic carbocycles. The second-order valence-corrected chi connectivity index (χ2v) is 16.2. The van der Waals surface area contributed by atoms with Gasteiger partial charge in [-0.25, -0.2) is 9.78 Å². The summed E-state index contributed by atoms with van der Waals surface area (Å²) in [6, 6.07) is 9.51. The molecule has 260 valence electrons. The van der Waals surface area contributed by atoms with E-state index in [0.717, 1.165) is 74.4 Å². The van der Waals surface area contributed by atoms with Crippen LogP contribution in [0, 0.1) is 18.3 Å². The molecule has 1 spiro atoms. The van der Waals surface area contributed by atoms with Gasteiger partial charge in [0.1, 0.15) is 11.3 Å². The molecular formula is C38H54N6O4. The summed E-state index contributed by atoms with van der Waals surface area (Å²) in [5.74, 6) is 0.437. The number of anilines is 1. The first-order valence-corrected chi connectivity index (χ1v) is 17.9. The summed E-state index contributed by atoms with van der Waals surface area (Å²) in [7, 11) is 0. The van der Waals surface area contributed by atoms with Gasteiger partial charge in [-0.05, 0) is 129 Å². The molecule has 0 atom stereocenters. The molecule has 0 radical (unpaired) electrons. The Morgan fingerprint density at radius 3 is 2.29 bits per heavy atom. The number of hydrogen-bond acceptors (Lipinski definition) is 7. The maximum atomic E-state index is 13.1. The predicted molar refractivity (Wildman–Crippen MR) is 188 cm³/mol. The van der Waals surface area contributed by atoms with Gasteiger partial charge in [-0.2, -0.15) is 5.10 Å². The van der Waals surface area contributed by atoms with Crippen LogP contribution in [-0.2, 0) is 10.3 Å². The Balaban J connectivity index is 1.02. The summed E-state index contributed by atoms with van der Waals surface area (Å²) in [6.07, 6.45) is 11.3. The molecule has 4 heterocycles. The quantitative estimate of drug-likeness (QED) is 0.292. The van der Waals surface area contributed by atoms with Crippen LogP contribution in [0.1, 0.15) is 114 Å². The normalized spacial score (nSPS) is 19.9. The van der Waals surface area contributed by atoms with Gasteiger partial charge in [-0.15, -0.1) is 0 Å². The molecule has 0 unspecified atom stereocenters. The molecule has 1 aromatic carbocycles. The zero-order valence-corrected chi connectivity index (χ0v) is 29.7. The van der Waals surface area contributed by atoms with Crippen molar-refractivity contribution in [2.24, 2.45) is 11.3 Å². The Bertz CT molecular complexity index is 1610. The van der Waals surface area contributed by atoms with Crippen LogP contribution in [0.4, 0.5) is 10.5 Å². The van der Waals surface area contributed by atoms with Crippen LogP contribution in [0.3, 0.4) is 0 Å². The van der Waals surface area contributed by atoms with E-state index in [1.807, 2.05) is 56.9 Å². The third-order valence-electron chi connectivity index (χ3n) is 10.8. The third kappa shape index (κ3) is 8.03. The third-order valence-corrected chi connectivity index (χ3v) is 10.8. The lowest BCUT2D eigenvalue weighted by molar-refractivity contribution is -0.000379. The Morgan fingerprint density at radius 2 is 1.67 bits per heavy atom. The van der Waals surface area contributed by atoms with Crippen molar-refractivity contribution in [3.8, 4) is 0 Å².